The summed E-state index contributed by atoms with van der Waals surface area (Å²) in [5.74, 6) is 1.50. The minimum Gasteiger partial charge on any atom is -0.385 e. The summed E-state index contributed by atoms with van der Waals surface area (Å²) in [6.07, 6.45) is 2.23. The van der Waals surface area contributed by atoms with E-state index in [9.17, 15) is 0 Å². The van der Waals surface area contributed by atoms with Crippen molar-refractivity contribution >= 4 is 5.96 Å². The molecule has 1 aliphatic rings. The molecule has 0 saturated carbocycles. The average Bonchev–Trinajstić information content (AvgIpc) is 2.56. The van der Waals surface area contributed by atoms with Gasteiger partial charge in [-0.05, 0) is 37.9 Å². The molecule has 24 heavy (non-hydrogen) atoms. The summed E-state index contributed by atoms with van der Waals surface area (Å²) in [4.78, 5) is 7.08. The standard InChI is InChI=1S/C19H32N4O/c1-4-20-19(21-10-12-23(2)11-7-13-24-3)22-15-17-14-16-8-5-6-9-18(16)17/h5-6,8-9,17H,4,7,10-15H2,1-3H3,(H2,20,21,22). The fourth-order valence-electron chi connectivity index (χ4n) is 3.02. The molecule has 5 heteroatoms. The minimum absolute atomic E-state index is 0.577. The van der Waals surface area contributed by atoms with Crippen molar-refractivity contribution in [2.24, 2.45) is 4.99 Å². The van der Waals surface area contributed by atoms with Gasteiger partial charge in [-0.2, -0.15) is 0 Å². The molecular weight excluding hydrogens is 300 g/mol. The molecule has 2 N–H and O–H groups in total. The van der Waals surface area contributed by atoms with Crippen molar-refractivity contribution in [1.82, 2.24) is 15.5 Å². The molecule has 0 amide bonds. The lowest BCUT2D eigenvalue weighted by Gasteiger charge is -2.29. The van der Waals surface area contributed by atoms with Gasteiger partial charge < -0.3 is 20.3 Å². The minimum atomic E-state index is 0.577. The summed E-state index contributed by atoms with van der Waals surface area (Å²) < 4.78 is 5.09. The summed E-state index contributed by atoms with van der Waals surface area (Å²) in [5.41, 5.74) is 2.95. The number of rotatable bonds is 10. The Morgan fingerprint density at radius 1 is 1.29 bits per heavy atom. The molecule has 0 spiro atoms. The molecule has 1 aliphatic carbocycles. The maximum atomic E-state index is 5.09. The SMILES string of the molecule is CCNC(=NCC1Cc2ccccc21)NCCN(C)CCCOC. The normalized spacial score (nSPS) is 16.7. The van der Waals surface area contributed by atoms with Gasteiger partial charge in [-0.3, -0.25) is 4.99 Å². The van der Waals surface area contributed by atoms with Crippen LogP contribution in [-0.2, 0) is 11.2 Å². The fourth-order valence-corrected chi connectivity index (χ4v) is 3.02. The molecule has 2 rings (SSSR count). The molecule has 1 atom stereocenters. The number of guanidine groups is 1. The van der Waals surface area contributed by atoms with Crippen LogP contribution in [0.1, 0.15) is 30.4 Å². The lowest BCUT2D eigenvalue weighted by atomic mass is 9.78. The monoisotopic (exact) mass is 332 g/mol. The first-order valence-electron chi connectivity index (χ1n) is 9.02. The Bertz CT molecular complexity index is 518. The average molecular weight is 332 g/mol. The topological polar surface area (TPSA) is 48.9 Å². The Morgan fingerprint density at radius 2 is 2.12 bits per heavy atom. The second-order valence-electron chi connectivity index (χ2n) is 6.40. The second kappa shape index (κ2) is 10.3. The van der Waals surface area contributed by atoms with Gasteiger partial charge in [0.25, 0.3) is 0 Å². The number of methoxy groups -OCH3 is 1. The number of nitrogens with zero attached hydrogens (tertiary/aromatic N) is 2. The number of fused-ring (bicyclic) bond motifs is 1. The molecule has 0 bridgehead atoms. The number of benzene rings is 1. The molecular formula is C19H32N4O. The quantitative estimate of drug-likeness (QED) is 0.390. The number of aliphatic imine (C=N–C) groups is 1. The Balaban J connectivity index is 1.71. The number of hydrogen-bond acceptors (Lipinski definition) is 3. The number of likely N-dealkylation sites (N-methyl/N-ethyl adjacent to an activating group) is 1. The van der Waals surface area contributed by atoms with Crippen LogP contribution in [-0.4, -0.2) is 64.3 Å². The molecule has 0 radical (unpaired) electrons. The van der Waals surface area contributed by atoms with Crippen molar-refractivity contribution in [2.75, 3.05) is 53.5 Å². The molecule has 1 aromatic carbocycles. The van der Waals surface area contributed by atoms with E-state index < -0.39 is 0 Å². The third kappa shape index (κ3) is 5.80. The van der Waals surface area contributed by atoms with Crippen molar-refractivity contribution in [1.29, 1.82) is 0 Å². The van der Waals surface area contributed by atoms with Crippen molar-refractivity contribution in [2.45, 2.75) is 25.7 Å². The van der Waals surface area contributed by atoms with E-state index in [1.165, 1.54) is 11.1 Å². The predicted molar refractivity (Wildman–Crippen MR) is 101 cm³/mol. The van der Waals surface area contributed by atoms with Gasteiger partial charge in [-0.25, -0.2) is 0 Å². The van der Waals surface area contributed by atoms with Crippen molar-refractivity contribution in [3.05, 3.63) is 35.4 Å². The zero-order valence-electron chi connectivity index (χ0n) is 15.3. The Hall–Kier alpha value is -1.59. The maximum absolute atomic E-state index is 5.09. The summed E-state index contributed by atoms with van der Waals surface area (Å²) in [6, 6.07) is 8.69. The lowest BCUT2D eigenvalue weighted by molar-refractivity contribution is 0.180. The summed E-state index contributed by atoms with van der Waals surface area (Å²) in [7, 11) is 3.90. The summed E-state index contributed by atoms with van der Waals surface area (Å²) >= 11 is 0. The molecule has 0 heterocycles. The van der Waals surface area contributed by atoms with Gasteiger partial charge in [0.1, 0.15) is 0 Å². The molecule has 0 saturated heterocycles. The smallest absolute Gasteiger partial charge is 0.191 e. The zero-order valence-corrected chi connectivity index (χ0v) is 15.3. The van der Waals surface area contributed by atoms with Crippen LogP contribution in [0.15, 0.2) is 29.3 Å². The molecule has 1 unspecified atom stereocenters. The van der Waals surface area contributed by atoms with Crippen LogP contribution in [0.2, 0.25) is 0 Å². The van der Waals surface area contributed by atoms with Gasteiger partial charge in [-0.15, -0.1) is 0 Å². The zero-order chi connectivity index (χ0) is 17.2. The van der Waals surface area contributed by atoms with E-state index in [1.54, 1.807) is 7.11 Å². The van der Waals surface area contributed by atoms with E-state index in [0.717, 1.165) is 58.1 Å². The van der Waals surface area contributed by atoms with Crippen LogP contribution in [0.5, 0.6) is 0 Å². The van der Waals surface area contributed by atoms with E-state index in [1.807, 2.05) is 0 Å². The molecule has 5 nitrogen and oxygen atoms in total. The predicted octanol–water partition coefficient (Wildman–Crippen LogP) is 1.85. The largest absolute Gasteiger partial charge is 0.385 e. The van der Waals surface area contributed by atoms with E-state index in [-0.39, 0.29) is 0 Å². The van der Waals surface area contributed by atoms with Gasteiger partial charge >= 0.3 is 0 Å². The maximum Gasteiger partial charge on any atom is 0.191 e. The van der Waals surface area contributed by atoms with Crippen molar-refractivity contribution < 1.29 is 4.74 Å². The molecule has 0 aromatic heterocycles. The van der Waals surface area contributed by atoms with E-state index in [2.05, 4.69) is 53.8 Å². The second-order valence-corrected chi connectivity index (χ2v) is 6.40. The first-order valence-corrected chi connectivity index (χ1v) is 9.02. The fraction of sp³-hybridized carbons (Fsp3) is 0.632. The Kier molecular flexibility index (Phi) is 8.05. The van der Waals surface area contributed by atoms with Crippen LogP contribution >= 0.6 is 0 Å². The Labute approximate surface area is 146 Å². The highest BCUT2D eigenvalue weighted by molar-refractivity contribution is 5.79. The molecule has 1 aromatic rings. The van der Waals surface area contributed by atoms with Crippen molar-refractivity contribution in [3.63, 3.8) is 0 Å². The first-order chi connectivity index (χ1) is 11.7. The lowest BCUT2D eigenvalue weighted by Crippen LogP contribution is -2.41. The summed E-state index contributed by atoms with van der Waals surface area (Å²) in [5, 5.41) is 6.77. The Morgan fingerprint density at radius 3 is 2.88 bits per heavy atom. The highest BCUT2D eigenvalue weighted by Gasteiger charge is 2.24. The molecule has 134 valence electrons. The highest BCUT2D eigenvalue weighted by Crippen LogP contribution is 2.34. The van der Waals surface area contributed by atoms with Gasteiger partial charge in [0.15, 0.2) is 5.96 Å². The third-order valence-electron chi connectivity index (χ3n) is 4.45. The van der Waals surface area contributed by atoms with E-state index in [4.69, 9.17) is 9.73 Å². The van der Waals surface area contributed by atoms with Gasteiger partial charge in [0, 0.05) is 52.4 Å². The van der Waals surface area contributed by atoms with Gasteiger partial charge in [-0.1, -0.05) is 24.3 Å². The van der Waals surface area contributed by atoms with Crippen LogP contribution in [0.25, 0.3) is 0 Å². The highest BCUT2D eigenvalue weighted by atomic mass is 16.5. The third-order valence-corrected chi connectivity index (χ3v) is 4.45. The van der Waals surface area contributed by atoms with Gasteiger partial charge in [0.2, 0.25) is 0 Å². The summed E-state index contributed by atoms with van der Waals surface area (Å²) in [6.45, 7) is 7.63. The molecule has 0 fully saturated rings. The van der Waals surface area contributed by atoms with Crippen LogP contribution in [0, 0.1) is 0 Å². The number of nitrogens with one attached hydrogen (secondary N) is 2. The molecule has 0 aliphatic heterocycles. The number of hydrogen-bond donors (Lipinski definition) is 2. The van der Waals surface area contributed by atoms with E-state index in [0.29, 0.717) is 5.92 Å². The van der Waals surface area contributed by atoms with Crippen molar-refractivity contribution in [3.8, 4) is 0 Å². The first kappa shape index (κ1) is 18.7. The van der Waals surface area contributed by atoms with Crippen LogP contribution in [0.4, 0.5) is 0 Å². The van der Waals surface area contributed by atoms with Crippen LogP contribution in [0.3, 0.4) is 0 Å². The van der Waals surface area contributed by atoms with Crippen LogP contribution < -0.4 is 10.6 Å². The number of ether oxygens (including phenoxy) is 1. The van der Waals surface area contributed by atoms with Gasteiger partial charge in [0.05, 0.1) is 0 Å². The van der Waals surface area contributed by atoms with E-state index >= 15 is 0 Å².